The van der Waals surface area contributed by atoms with Crippen LogP contribution in [0.4, 0.5) is 26.3 Å². The molecule has 1 rings (SSSR count). The standard InChI is InChI=1S/C6H3F6NO2.Na.H/c7-5(8,9)1-2(6(10,11)12)4(15)13-3(1)14;;/h1-2H,(H,13,14,15);;/q;+1;-1. The predicted octanol–water partition coefficient (Wildman–Crippen LogP) is -1.88. The van der Waals surface area contributed by atoms with Crippen molar-refractivity contribution in [3.05, 3.63) is 0 Å². The van der Waals surface area contributed by atoms with E-state index in [2.05, 4.69) is 0 Å². The van der Waals surface area contributed by atoms with Crippen molar-refractivity contribution in [2.75, 3.05) is 0 Å². The number of amides is 2. The molecule has 10 heteroatoms. The number of hydrogen-bond acceptors (Lipinski definition) is 2. The van der Waals surface area contributed by atoms with Crippen LogP contribution in [0, 0.1) is 11.8 Å². The second-order valence-electron chi connectivity index (χ2n) is 2.89. The molecule has 1 aliphatic heterocycles. The molecule has 0 aliphatic carbocycles. The van der Waals surface area contributed by atoms with Gasteiger partial charge in [0.15, 0.2) is 11.8 Å². The molecular formula is C6H4F6NNaO2. The maximum Gasteiger partial charge on any atom is 1.00 e. The molecule has 1 fully saturated rings. The molecule has 3 nitrogen and oxygen atoms in total. The van der Waals surface area contributed by atoms with E-state index in [4.69, 9.17) is 0 Å². The fourth-order valence-corrected chi connectivity index (χ4v) is 1.25. The molecule has 1 N–H and O–H groups in total. The van der Waals surface area contributed by atoms with Crippen LogP contribution in [0.5, 0.6) is 0 Å². The van der Waals surface area contributed by atoms with Crippen molar-refractivity contribution < 1.29 is 66.9 Å². The summed E-state index contributed by atoms with van der Waals surface area (Å²) in [5.41, 5.74) is 0. The summed E-state index contributed by atoms with van der Waals surface area (Å²) in [6, 6.07) is 0. The molecule has 0 aromatic heterocycles. The van der Waals surface area contributed by atoms with Crippen LogP contribution in [-0.4, -0.2) is 24.2 Å². The van der Waals surface area contributed by atoms with Crippen LogP contribution in [-0.2, 0) is 9.59 Å². The van der Waals surface area contributed by atoms with Gasteiger partial charge >= 0.3 is 41.9 Å². The number of carbonyl (C=O) groups is 2. The second-order valence-corrected chi connectivity index (χ2v) is 2.89. The Morgan fingerprint density at radius 2 is 1.12 bits per heavy atom. The average Bonchev–Trinajstić information content (AvgIpc) is 2.22. The number of nitrogens with one attached hydrogen (secondary N) is 1. The van der Waals surface area contributed by atoms with Crippen molar-refractivity contribution >= 4 is 11.8 Å². The molecular weight excluding hydrogens is 255 g/mol. The molecule has 1 aliphatic rings. The van der Waals surface area contributed by atoms with Crippen molar-refractivity contribution in [3.8, 4) is 0 Å². The van der Waals surface area contributed by atoms with Crippen LogP contribution >= 0.6 is 0 Å². The third kappa shape index (κ3) is 2.89. The molecule has 88 valence electrons. The molecule has 0 spiro atoms. The summed E-state index contributed by atoms with van der Waals surface area (Å²) in [5.74, 6) is -10.6. The minimum atomic E-state index is -5.39. The average molecular weight is 259 g/mol. The maximum absolute atomic E-state index is 12.1. The zero-order chi connectivity index (χ0) is 12.0. The molecule has 0 aromatic carbocycles. The summed E-state index contributed by atoms with van der Waals surface area (Å²) >= 11 is 0. The zero-order valence-corrected chi connectivity index (χ0v) is 9.74. The van der Waals surface area contributed by atoms with Gasteiger partial charge in [-0.05, 0) is 0 Å². The largest absolute Gasteiger partial charge is 1.00 e. The van der Waals surface area contributed by atoms with E-state index >= 15 is 0 Å². The summed E-state index contributed by atoms with van der Waals surface area (Å²) in [4.78, 5) is 21.1. The predicted molar refractivity (Wildman–Crippen MR) is 33.4 cm³/mol. The summed E-state index contributed by atoms with van der Waals surface area (Å²) in [6.45, 7) is 0. The molecule has 0 aromatic rings. The van der Waals surface area contributed by atoms with Gasteiger partial charge in [-0.2, -0.15) is 26.3 Å². The minimum Gasteiger partial charge on any atom is -1.00 e. The fourth-order valence-electron chi connectivity index (χ4n) is 1.25. The van der Waals surface area contributed by atoms with Gasteiger partial charge in [0.1, 0.15) is 0 Å². The van der Waals surface area contributed by atoms with E-state index in [0.717, 1.165) is 5.32 Å². The van der Waals surface area contributed by atoms with E-state index in [9.17, 15) is 35.9 Å². The number of imide groups is 1. The van der Waals surface area contributed by atoms with E-state index in [-0.39, 0.29) is 31.0 Å². The van der Waals surface area contributed by atoms with Crippen LogP contribution in [0.3, 0.4) is 0 Å². The van der Waals surface area contributed by atoms with Gasteiger partial charge in [0, 0.05) is 0 Å². The van der Waals surface area contributed by atoms with Gasteiger partial charge in [-0.25, -0.2) is 0 Å². The molecule has 2 unspecified atom stereocenters. The van der Waals surface area contributed by atoms with Crippen molar-refractivity contribution in [1.82, 2.24) is 5.32 Å². The number of alkyl halides is 6. The van der Waals surface area contributed by atoms with Crippen LogP contribution < -0.4 is 34.9 Å². The van der Waals surface area contributed by atoms with Gasteiger partial charge < -0.3 is 1.43 Å². The summed E-state index contributed by atoms with van der Waals surface area (Å²) in [6.07, 6.45) is -10.8. The van der Waals surface area contributed by atoms with Gasteiger partial charge in [0.25, 0.3) is 0 Å². The normalized spacial score (nSPS) is 26.4. The van der Waals surface area contributed by atoms with E-state index in [1.54, 1.807) is 0 Å². The molecule has 1 heterocycles. The van der Waals surface area contributed by atoms with E-state index in [1.807, 2.05) is 0 Å². The fraction of sp³-hybridized carbons (Fsp3) is 0.667. The smallest absolute Gasteiger partial charge is 1.00 e. The molecule has 1 saturated heterocycles. The van der Waals surface area contributed by atoms with Crippen LogP contribution in [0.25, 0.3) is 0 Å². The first-order valence-corrected chi connectivity index (χ1v) is 3.53. The summed E-state index contributed by atoms with van der Waals surface area (Å²) < 4.78 is 72.3. The number of halogens is 6. The Balaban J connectivity index is 0. The Morgan fingerprint density at radius 3 is 1.31 bits per heavy atom. The maximum atomic E-state index is 12.1. The Bertz CT molecular complexity index is 287. The summed E-state index contributed by atoms with van der Waals surface area (Å²) in [7, 11) is 0. The monoisotopic (exact) mass is 259 g/mol. The topological polar surface area (TPSA) is 46.2 Å². The van der Waals surface area contributed by atoms with Crippen molar-refractivity contribution in [2.24, 2.45) is 11.8 Å². The van der Waals surface area contributed by atoms with Gasteiger partial charge in [0.2, 0.25) is 11.8 Å². The number of hydrogen-bond donors (Lipinski definition) is 1. The van der Waals surface area contributed by atoms with Crippen molar-refractivity contribution in [3.63, 3.8) is 0 Å². The van der Waals surface area contributed by atoms with Crippen LogP contribution in [0.1, 0.15) is 1.43 Å². The van der Waals surface area contributed by atoms with Gasteiger partial charge in [-0.1, -0.05) is 0 Å². The zero-order valence-electron chi connectivity index (χ0n) is 8.74. The molecule has 2 amide bonds. The van der Waals surface area contributed by atoms with Crippen molar-refractivity contribution in [1.29, 1.82) is 0 Å². The molecule has 0 radical (unpaired) electrons. The van der Waals surface area contributed by atoms with Gasteiger partial charge in [-0.15, -0.1) is 0 Å². The second kappa shape index (κ2) is 4.53. The Hall–Kier alpha value is -0.280. The quantitative estimate of drug-likeness (QED) is 0.314. The van der Waals surface area contributed by atoms with Gasteiger partial charge in [-0.3, -0.25) is 14.9 Å². The number of rotatable bonds is 0. The third-order valence-corrected chi connectivity index (χ3v) is 1.85. The Kier molecular flexibility index (Phi) is 4.46. The SMILES string of the molecule is O=C1NC(=O)C(C(F)(F)F)C1C(F)(F)F.[H-].[Na+]. The molecule has 0 bridgehead atoms. The van der Waals surface area contributed by atoms with E-state index in [0.29, 0.717) is 0 Å². The first kappa shape index (κ1) is 15.7. The minimum absolute atomic E-state index is 0. The number of carbonyl (C=O) groups excluding carboxylic acids is 2. The van der Waals surface area contributed by atoms with E-state index < -0.39 is 36.0 Å². The first-order chi connectivity index (χ1) is 6.55. The van der Waals surface area contributed by atoms with Gasteiger partial charge in [0.05, 0.1) is 0 Å². The molecule has 0 saturated carbocycles. The third-order valence-electron chi connectivity index (χ3n) is 1.85. The molecule has 2 atom stereocenters. The van der Waals surface area contributed by atoms with E-state index in [1.165, 1.54) is 0 Å². The van der Waals surface area contributed by atoms with Crippen LogP contribution in [0.2, 0.25) is 0 Å². The first-order valence-electron chi connectivity index (χ1n) is 3.53. The van der Waals surface area contributed by atoms with Crippen LogP contribution in [0.15, 0.2) is 0 Å². The molecule has 16 heavy (non-hydrogen) atoms. The Labute approximate surface area is 108 Å². The Morgan fingerprint density at radius 1 is 0.875 bits per heavy atom. The summed E-state index contributed by atoms with van der Waals surface area (Å²) in [5, 5.41) is 1.01. The van der Waals surface area contributed by atoms with Crippen molar-refractivity contribution in [2.45, 2.75) is 12.4 Å².